The molecule has 21 heavy (non-hydrogen) atoms. The Bertz CT molecular complexity index is 662. The van der Waals surface area contributed by atoms with Gasteiger partial charge in [0.2, 0.25) is 5.91 Å². The zero-order valence-electron chi connectivity index (χ0n) is 13.0. The lowest BCUT2D eigenvalue weighted by Gasteiger charge is -2.18. The van der Waals surface area contributed by atoms with Crippen LogP contribution in [0.25, 0.3) is 11.0 Å². The second-order valence-corrected chi connectivity index (χ2v) is 6.79. The maximum Gasteiger partial charge on any atom is 0.244 e. The van der Waals surface area contributed by atoms with Crippen molar-refractivity contribution in [1.29, 1.82) is 0 Å². The average molecular weight is 286 g/mol. The van der Waals surface area contributed by atoms with Crippen molar-refractivity contribution in [1.82, 2.24) is 19.9 Å². The van der Waals surface area contributed by atoms with Gasteiger partial charge in [-0.3, -0.25) is 4.79 Å². The normalized spacial score (nSPS) is 15.9. The average Bonchev–Trinajstić information content (AvgIpc) is 3.07. The van der Waals surface area contributed by atoms with Gasteiger partial charge >= 0.3 is 0 Å². The van der Waals surface area contributed by atoms with Gasteiger partial charge in [0.05, 0.1) is 5.52 Å². The summed E-state index contributed by atoms with van der Waals surface area (Å²) >= 11 is 0. The first-order chi connectivity index (χ1) is 9.95. The minimum Gasteiger partial charge on any atom is -0.341 e. The molecular weight excluding hydrogens is 264 g/mol. The third-order valence-electron chi connectivity index (χ3n) is 4.12. The van der Waals surface area contributed by atoms with Crippen molar-refractivity contribution in [2.45, 2.75) is 45.6 Å². The van der Waals surface area contributed by atoms with Crippen molar-refractivity contribution in [3.05, 3.63) is 23.8 Å². The molecule has 1 saturated heterocycles. The maximum absolute atomic E-state index is 12.2. The summed E-state index contributed by atoms with van der Waals surface area (Å²) in [6, 6.07) is 6.19. The Kier molecular flexibility index (Phi) is 3.43. The molecule has 5 nitrogen and oxygen atoms in total. The molecule has 1 aromatic carbocycles. The van der Waals surface area contributed by atoms with Crippen molar-refractivity contribution < 1.29 is 4.79 Å². The third-order valence-corrected chi connectivity index (χ3v) is 4.12. The van der Waals surface area contributed by atoms with Crippen LogP contribution in [0.15, 0.2) is 18.2 Å². The number of benzene rings is 1. The molecule has 1 fully saturated rings. The van der Waals surface area contributed by atoms with Gasteiger partial charge in [-0.25, -0.2) is 4.68 Å². The molecule has 0 spiro atoms. The Morgan fingerprint density at radius 3 is 2.62 bits per heavy atom. The summed E-state index contributed by atoms with van der Waals surface area (Å²) < 4.78 is 1.71. The monoisotopic (exact) mass is 286 g/mol. The number of amides is 1. The van der Waals surface area contributed by atoms with Crippen LogP contribution in [-0.4, -0.2) is 38.9 Å². The fourth-order valence-corrected chi connectivity index (χ4v) is 2.75. The third kappa shape index (κ3) is 2.77. The summed E-state index contributed by atoms with van der Waals surface area (Å²) in [5, 5.41) is 8.36. The first-order valence-corrected chi connectivity index (χ1v) is 7.57. The van der Waals surface area contributed by atoms with Crippen LogP contribution < -0.4 is 0 Å². The number of fused-ring (bicyclic) bond motifs is 1. The molecule has 0 atom stereocenters. The number of hydrogen-bond donors (Lipinski definition) is 0. The minimum atomic E-state index is 0.0866. The summed E-state index contributed by atoms with van der Waals surface area (Å²) in [5.74, 6) is 0.138. The van der Waals surface area contributed by atoms with E-state index in [4.69, 9.17) is 0 Å². The molecule has 1 amide bonds. The summed E-state index contributed by atoms with van der Waals surface area (Å²) in [6.07, 6.45) is 2.22. The molecule has 0 radical (unpaired) electrons. The standard InChI is InChI=1S/C16H22N4O/c1-16(2,3)12-6-7-14-13(10-12)17-18-20(14)11-15(21)19-8-4-5-9-19/h6-7,10H,4-5,8-9,11H2,1-3H3. The summed E-state index contributed by atoms with van der Waals surface area (Å²) in [5.41, 5.74) is 3.10. The molecule has 1 aliphatic rings. The quantitative estimate of drug-likeness (QED) is 0.851. The molecule has 1 aromatic heterocycles. The van der Waals surface area contributed by atoms with Crippen LogP contribution in [-0.2, 0) is 16.8 Å². The minimum absolute atomic E-state index is 0.0866. The van der Waals surface area contributed by atoms with E-state index in [-0.39, 0.29) is 17.9 Å². The molecule has 5 heteroatoms. The first-order valence-electron chi connectivity index (χ1n) is 7.57. The molecule has 0 bridgehead atoms. The topological polar surface area (TPSA) is 51.0 Å². The van der Waals surface area contributed by atoms with E-state index in [0.717, 1.165) is 37.0 Å². The second kappa shape index (κ2) is 5.13. The predicted octanol–water partition coefficient (Wildman–Crippen LogP) is 2.35. The molecular formula is C16H22N4O. The van der Waals surface area contributed by atoms with Crippen molar-refractivity contribution >= 4 is 16.9 Å². The van der Waals surface area contributed by atoms with Crippen LogP contribution in [0, 0.1) is 0 Å². The number of nitrogens with zero attached hydrogens (tertiary/aromatic N) is 4. The zero-order valence-corrected chi connectivity index (χ0v) is 13.0. The van der Waals surface area contributed by atoms with Crippen LogP contribution in [0.5, 0.6) is 0 Å². The lowest BCUT2D eigenvalue weighted by Crippen LogP contribution is -2.31. The molecule has 1 aliphatic heterocycles. The van der Waals surface area contributed by atoms with Crippen molar-refractivity contribution in [2.24, 2.45) is 0 Å². The first kappa shape index (κ1) is 14.0. The summed E-state index contributed by atoms with van der Waals surface area (Å²) in [4.78, 5) is 14.1. The van der Waals surface area contributed by atoms with Gasteiger partial charge in [0.25, 0.3) is 0 Å². The highest BCUT2D eigenvalue weighted by molar-refractivity contribution is 5.80. The van der Waals surface area contributed by atoms with Gasteiger partial charge in [0.1, 0.15) is 12.1 Å². The van der Waals surface area contributed by atoms with E-state index in [9.17, 15) is 4.79 Å². The van der Waals surface area contributed by atoms with Crippen LogP contribution in [0.3, 0.4) is 0 Å². The van der Waals surface area contributed by atoms with E-state index in [1.54, 1.807) is 4.68 Å². The van der Waals surface area contributed by atoms with E-state index in [1.807, 2.05) is 11.0 Å². The van der Waals surface area contributed by atoms with Gasteiger partial charge in [-0.1, -0.05) is 32.1 Å². The Morgan fingerprint density at radius 2 is 1.95 bits per heavy atom. The van der Waals surface area contributed by atoms with Crippen LogP contribution in [0.2, 0.25) is 0 Å². The lowest BCUT2D eigenvalue weighted by molar-refractivity contribution is -0.130. The summed E-state index contributed by atoms with van der Waals surface area (Å²) in [6.45, 7) is 8.56. The molecule has 0 aliphatic carbocycles. The van der Waals surface area contributed by atoms with E-state index >= 15 is 0 Å². The molecule has 3 rings (SSSR count). The van der Waals surface area contributed by atoms with Crippen molar-refractivity contribution in [3.63, 3.8) is 0 Å². The van der Waals surface area contributed by atoms with E-state index < -0.39 is 0 Å². The maximum atomic E-state index is 12.2. The molecule has 2 aromatic rings. The largest absolute Gasteiger partial charge is 0.341 e. The molecule has 0 saturated carbocycles. The second-order valence-electron chi connectivity index (χ2n) is 6.79. The van der Waals surface area contributed by atoms with Crippen LogP contribution in [0.1, 0.15) is 39.2 Å². The number of carbonyl (C=O) groups is 1. The van der Waals surface area contributed by atoms with Gasteiger partial charge < -0.3 is 4.90 Å². The van der Waals surface area contributed by atoms with Crippen molar-refractivity contribution in [2.75, 3.05) is 13.1 Å². The molecule has 0 unspecified atom stereocenters. The van der Waals surface area contributed by atoms with Crippen LogP contribution in [0.4, 0.5) is 0 Å². The Morgan fingerprint density at radius 1 is 1.24 bits per heavy atom. The van der Waals surface area contributed by atoms with Gasteiger partial charge in [-0.05, 0) is 36.0 Å². The zero-order chi connectivity index (χ0) is 15.0. The van der Waals surface area contributed by atoms with Gasteiger partial charge in [-0.2, -0.15) is 0 Å². The lowest BCUT2D eigenvalue weighted by atomic mass is 9.87. The Labute approximate surface area is 124 Å². The number of carbonyl (C=O) groups excluding carboxylic acids is 1. The fourth-order valence-electron chi connectivity index (χ4n) is 2.75. The SMILES string of the molecule is CC(C)(C)c1ccc2c(c1)nnn2CC(=O)N1CCCC1. The van der Waals surface area contributed by atoms with E-state index in [2.05, 4.69) is 43.2 Å². The Hall–Kier alpha value is -1.91. The number of rotatable bonds is 2. The molecule has 2 heterocycles. The fraction of sp³-hybridized carbons (Fsp3) is 0.562. The number of aromatic nitrogens is 3. The van der Waals surface area contributed by atoms with E-state index in [1.165, 1.54) is 5.56 Å². The highest BCUT2D eigenvalue weighted by Gasteiger charge is 2.20. The van der Waals surface area contributed by atoms with E-state index in [0.29, 0.717) is 0 Å². The van der Waals surface area contributed by atoms with Gasteiger partial charge in [-0.15, -0.1) is 5.10 Å². The van der Waals surface area contributed by atoms with Gasteiger partial charge in [0, 0.05) is 13.1 Å². The predicted molar refractivity (Wildman–Crippen MR) is 82.0 cm³/mol. The molecule has 0 N–H and O–H groups in total. The highest BCUT2D eigenvalue weighted by atomic mass is 16.2. The van der Waals surface area contributed by atoms with Crippen molar-refractivity contribution in [3.8, 4) is 0 Å². The van der Waals surface area contributed by atoms with Gasteiger partial charge in [0.15, 0.2) is 0 Å². The Balaban J connectivity index is 1.85. The highest BCUT2D eigenvalue weighted by Crippen LogP contribution is 2.25. The van der Waals surface area contributed by atoms with Crippen LogP contribution >= 0.6 is 0 Å². The number of likely N-dealkylation sites (tertiary alicyclic amines) is 1. The molecule has 112 valence electrons. The summed E-state index contributed by atoms with van der Waals surface area (Å²) in [7, 11) is 0. The number of hydrogen-bond acceptors (Lipinski definition) is 3. The smallest absolute Gasteiger partial charge is 0.244 e.